The van der Waals surface area contributed by atoms with Gasteiger partial charge in [-0.1, -0.05) is 47.5 Å². The summed E-state index contributed by atoms with van der Waals surface area (Å²) in [6.07, 6.45) is 1.83. The minimum Gasteiger partial charge on any atom is -0.370 e. The predicted molar refractivity (Wildman–Crippen MR) is 110 cm³/mol. The molecule has 3 aromatic rings. The molecule has 0 spiro atoms. The molecule has 0 radical (unpaired) electrons. The molecule has 0 fully saturated rings. The Bertz CT molecular complexity index is 920. The van der Waals surface area contributed by atoms with Crippen molar-refractivity contribution in [2.75, 3.05) is 7.05 Å². The highest BCUT2D eigenvalue weighted by molar-refractivity contribution is 6.31. The lowest BCUT2D eigenvalue weighted by molar-refractivity contribution is 0.894. The van der Waals surface area contributed by atoms with Gasteiger partial charge in [-0.3, -0.25) is 9.98 Å². The Balaban J connectivity index is 2.05. The fraction of sp³-hybridized carbons (Fsp3) is 0.100. The molecule has 0 saturated carbocycles. The van der Waals surface area contributed by atoms with Crippen molar-refractivity contribution in [2.24, 2.45) is 10.7 Å². The molecule has 132 valence electrons. The molecule has 2 aromatic carbocycles. The third-order valence-corrected chi connectivity index (χ3v) is 4.44. The Hall–Kier alpha value is -2.56. The van der Waals surface area contributed by atoms with E-state index in [9.17, 15) is 0 Å². The maximum atomic E-state index is 6.04. The minimum atomic E-state index is 0.389. The average Bonchev–Trinajstić information content (AvgIpc) is 2.67. The first-order chi connectivity index (χ1) is 12.6. The van der Waals surface area contributed by atoms with Gasteiger partial charge in [0.25, 0.3) is 0 Å². The minimum absolute atomic E-state index is 0.389. The Kier molecular flexibility index (Phi) is 5.76. The first-order valence-corrected chi connectivity index (χ1v) is 8.79. The second kappa shape index (κ2) is 8.21. The molecule has 3 rings (SSSR count). The third-order valence-electron chi connectivity index (χ3n) is 3.93. The summed E-state index contributed by atoms with van der Waals surface area (Å²) in [5, 5.41) is 4.44. The molecule has 0 amide bonds. The fourth-order valence-electron chi connectivity index (χ4n) is 2.56. The first kappa shape index (κ1) is 18.2. The second-order valence-electron chi connectivity index (χ2n) is 5.72. The summed E-state index contributed by atoms with van der Waals surface area (Å²) in [7, 11) is 1.64. The monoisotopic (exact) mass is 384 g/mol. The number of hydrogen-bond acceptors (Lipinski definition) is 2. The molecule has 0 aliphatic carbocycles. The number of halogens is 2. The van der Waals surface area contributed by atoms with Crippen molar-refractivity contribution in [2.45, 2.75) is 6.54 Å². The van der Waals surface area contributed by atoms with Crippen LogP contribution in [-0.2, 0) is 6.54 Å². The van der Waals surface area contributed by atoms with Crippen LogP contribution >= 0.6 is 23.2 Å². The predicted octanol–water partition coefficient (Wildman–Crippen LogP) is 4.76. The van der Waals surface area contributed by atoms with Crippen LogP contribution in [0.4, 0.5) is 0 Å². The number of nitrogens with one attached hydrogen (secondary N) is 1. The van der Waals surface area contributed by atoms with Gasteiger partial charge >= 0.3 is 0 Å². The van der Waals surface area contributed by atoms with E-state index in [0.717, 1.165) is 27.9 Å². The summed E-state index contributed by atoms with van der Waals surface area (Å²) in [4.78, 5) is 8.59. The topological polar surface area (TPSA) is 63.3 Å². The summed E-state index contributed by atoms with van der Waals surface area (Å²) in [6.45, 7) is 0.539. The number of benzene rings is 2. The van der Waals surface area contributed by atoms with Crippen LogP contribution in [0.3, 0.4) is 0 Å². The van der Waals surface area contributed by atoms with Gasteiger partial charge in [0.2, 0.25) is 0 Å². The second-order valence-corrected chi connectivity index (χ2v) is 6.59. The van der Waals surface area contributed by atoms with Crippen LogP contribution in [0.15, 0.2) is 65.8 Å². The van der Waals surface area contributed by atoms with Gasteiger partial charge in [-0.05, 0) is 41.5 Å². The van der Waals surface area contributed by atoms with Crippen LogP contribution in [0.5, 0.6) is 0 Å². The zero-order valence-electron chi connectivity index (χ0n) is 14.2. The Labute approximate surface area is 162 Å². The van der Waals surface area contributed by atoms with E-state index in [-0.39, 0.29) is 0 Å². The van der Waals surface area contributed by atoms with Gasteiger partial charge in [0.15, 0.2) is 5.96 Å². The van der Waals surface area contributed by atoms with Crippen LogP contribution in [-0.4, -0.2) is 18.0 Å². The lowest BCUT2D eigenvalue weighted by Gasteiger charge is -2.13. The van der Waals surface area contributed by atoms with Crippen molar-refractivity contribution in [3.05, 3.63) is 76.4 Å². The maximum absolute atomic E-state index is 6.04. The van der Waals surface area contributed by atoms with Gasteiger partial charge in [-0.25, -0.2) is 0 Å². The molecule has 6 heteroatoms. The first-order valence-electron chi connectivity index (χ1n) is 8.04. The van der Waals surface area contributed by atoms with Crippen molar-refractivity contribution >= 4 is 29.2 Å². The molecule has 1 heterocycles. The largest absolute Gasteiger partial charge is 0.370 e. The molecule has 3 N–H and O–H groups in total. The van der Waals surface area contributed by atoms with Gasteiger partial charge in [-0.15, -0.1) is 0 Å². The standard InChI is InChI=1S/C20H18Cl2N4/c1-24-20(23)26-12-13-10-18(14-2-6-16(21)7-3-14)19(25-11-13)15-4-8-17(22)9-5-15/h2-11H,12H2,1H3,(H3,23,24,26). The van der Waals surface area contributed by atoms with Crippen molar-refractivity contribution < 1.29 is 0 Å². The fourth-order valence-corrected chi connectivity index (χ4v) is 2.82. The van der Waals surface area contributed by atoms with E-state index in [2.05, 4.69) is 21.4 Å². The van der Waals surface area contributed by atoms with Crippen LogP contribution in [0.1, 0.15) is 5.56 Å². The number of aromatic nitrogens is 1. The highest BCUT2D eigenvalue weighted by Gasteiger charge is 2.11. The molecule has 26 heavy (non-hydrogen) atoms. The number of rotatable bonds is 4. The summed E-state index contributed by atoms with van der Waals surface area (Å²) < 4.78 is 0. The quantitative estimate of drug-likeness (QED) is 0.503. The number of guanidine groups is 1. The van der Waals surface area contributed by atoms with E-state index in [0.29, 0.717) is 22.5 Å². The van der Waals surface area contributed by atoms with Gasteiger partial charge in [-0.2, -0.15) is 0 Å². The lowest BCUT2D eigenvalue weighted by atomic mass is 9.98. The van der Waals surface area contributed by atoms with E-state index in [1.54, 1.807) is 7.05 Å². The zero-order chi connectivity index (χ0) is 18.5. The Morgan fingerprint density at radius 1 is 1.00 bits per heavy atom. The smallest absolute Gasteiger partial charge is 0.188 e. The van der Waals surface area contributed by atoms with E-state index < -0.39 is 0 Å². The SMILES string of the molecule is CN=C(N)NCc1cnc(-c2ccc(Cl)cc2)c(-c2ccc(Cl)cc2)c1. The maximum Gasteiger partial charge on any atom is 0.188 e. The Morgan fingerprint density at radius 2 is 1.58 bits per heavy atom. The summed E-state index contributed by atoms with van der Waals surface area (Å²) in [5.41, 5.74) is 10.6. The lowest BCUT2D eigenvalue weighted by Crippen LogP contribution is -2.30. The number of hydrogen-bond donors (Lipinski definition) is 2. The highest BCUT2D eigenvalue weighted by Crippen LogP contribution is 2.32. The molecule has 0 aliphatic rings. The molecule has 1 aromatic heterocycles. The van der Waals surface area contributed by atoms with Crippen molar-refractivity contribution in [3.8, 4) is 22.4 Å². The van der Waals surface area contributed by atoms with Crippen molar-refractivity contribution in [3.63, 3.8) is 0 Å². The molecule has 0 unspecified atom stereocenters. The van der Waals surface area contributed by atoms with Crippen LogP contribution < -0.4 is 11.1 Å². The number of pyridine rings is 1. The average molecular weight is 385 g/mol. The van der Waals surface area contributed by atoms with Gasteiger partial charge in [0.05, 0.1) is 5.69 Å². The molecular weight excluding hydrogens is 367 g/mol. The molecular formula is C20H18Cl2N4. The van der Waals surface area contributed by atoms with Gasteiger partial charge < -0.3 is 11.1 Å². The molecule has 0 saturated heterocycles. The van der Waals surface area contributed by atoms with Crippen molar-refractivity contribution in [1.82, 2.24) is 10.3 Å². The van der Waals surface area contributed by atoms with E-state index in [1.807, 2.05) is 54.7 Å². The summed E-state index contributed by atoms with van der Waals surface area (Å²) in [5.74, 6) is 0.389. The Morgan fingerprint density at radius 3 is 2.15 bits per heavy atom. The number of nitrogens with two attached hydrogens (primary N) is 1. The molecule has 0 atom stereocenters. The van der Waals surface area contributed by atoms with Crippen LogP contribution in [0.25, 0.3) is 22.4 Å². The van der Waals surface area contributed by atoms with Gasteiger partial charge in [0.1, 0.15) is 0 Å². The molecule has 0 bridgehead atoms. The van der Waals surface area contributed by atoms with E-state index in [4.69, 9.17) is 28.9 Å². The number of nitrogens with zero attached hydrogens (tertiary/aromatic N) is 2. The van der Waals surface area contributed by atoms with E-state index in [1.165, 1.54) is 0 Å². The normalized spacial score (nSPS) is 11.4. The van der Waals surface area contributed by atoms with Crippen LogP contribution in [0.2, 0.25) is 10.0 Å². The summed E-state index contributed by atoms with van der Waals surface area (Å²) in [6, 6.07) is 17.4. The molecule has 0 aliphatic heterocycles. The molecule has 4 nitrogen and oxygen atoms in total. The number of aliphatic imine (C=N–C) groups is 1. The van der Waals surface area contributed by atoms with E-state index >= 15 is 0 Å². The van der Waals surface area contributed by atoms with Crippen molar-refractivity contribution in [1.29, 1.82) is 0 Å². The highest BCUT2D eigenvalue weighted by atomic mass is 35.5. The summed E-state index contributed by atoms with van der Waals surface area (Å²) >= 11 is 12.1. The van der Waals surface area contributed by atoms with Crippen LogP contribution in [0, 0.1) is 0 Å². The third kappa shape index (κ3) is 4.34. The zero-order valence-corrected chi connectivity index (χ0v) is 15.7. The van der Waals surface area contributed by atoms with Gasteiger partial charge in [0, 0.05) is 41.0 Å².